The fraction of sp³-hybridized carbons (Fsp3) is 0.750. The topological polar surface area (TPSA) is 32.3 Å². The third-order valence-electron chi connectivity index (χ3n) is 2.09. The first-order valence-corrected chi connectivity index (χ1v) is 3.80. The second-order valence-corrected chi connectivity index (χ2v) is 2.94. The molecule has 2 atom stereocenters. The lowest BCUT2D eigenvalue weighted by molar-refractivity contribution is -0.104. The monoisotopic (exact) mass is 175 g/mol. The van der Waals surface area contributed by atoms with Crippen molar-refractivity contribution in [3.05, 3.63) is 0 Å². The van der Waals surface area contributed by atoms with Crippen molar-refractivity contribution in [1.29, 1.82) is 0 Å². The zero-order valence-electron chi connectivity index (χ0n) is 6.56. The van der Waals surface area contributed by atoms with Gasteiger partial charge in [0.25, 0.3) is 5.92 Å². The van der Waals surface area contributed by atoms with Gasteiger partial charge in [0.2, 0.25) is 0 Å². The van der Waals surface area contributed by atoms with Gasteiger partial charge in [0.15, 0.2) is 0 Å². The van der Waals surface area contributed by atoms with Gasteiger partial charge >= 0.3 is 0 Å². The van der Waals surface area contributed by atoms with E-state index in [9.17, 15) is 8.78 Å². The minimum absolute atomic E-state index is 0.221. The normalized spacial score (nSPS) is 30.7. The quantitative estimate of drug-likeness (QED) is 0.559. The van der Waals surface area contributed by atoms with Crippen LogP contribution in [0.5, 0.6) is 0 Å². The van der Waals surface area contributed by atoms with Crippen LogP contribution in [0.2, 0.25) is 0 Å². The Balaban J connectivity index is 2.67. The maximum absolute atomic E-state index is 13.0. The average molecular weight is 175 g/mol. The second-order valence-electron chi connectivity index (χ2n) is 2.94. The SMILES string of the molecule is C#CC(O)C1CCNCC1(F)F. The molecule has 4 heteroatoms. The van der Waals surface area contributed by atoms with Gasteiger partial charge in [-0.3, -0.25) is 0 Å². The van der Waals surface area contributed by atoms with Crippen LogP contribution in [0.25, 0.3) is 0 Å². The second kappa shape index (κ2) is 3.38. The lowest BCUT2D eigenvalue weighted by atomic mass is 9.89. The van der Waals surface area contributed by atoms with E-state index in [0.29, 0.717) is 6.54 Å². The molecule has 0 aromatic rings. The summed E-state index contributed by atoms with van der Waals surface area (Å²) in [5, 5.41) is 11.6. The van der Waals surface area contributed by atoms with Crippen LogP contribution in [0.3, 0.4) is 0 Å². The lowest BCUT2D eigenvalue weighted by Crippen LogP contribution is -2.50. The summed E-state index contributed by atoms with van der Waals surface area (Å²) < 4.78 is 26.0. The minimum Gasteiger partial charge on any atom is -0.380 e. The fourth-order valence-electron chi connectivity index (χ4n) is 1.36. The Labute approximate surface area is 70.0 Å². The maximum Gasteiger partial charge on any atom is 0.266 e. The highest BCUT2D eigenvalue weighted by atomic mass is 19.3. The van der Waals surface area contributed by atoms with Gasteiger partial charge in [-0.15, -0.1) is 6.42 Å². The Morgan fingerprint density at radius 2 is 2.33 bits per heavy atom. The first kappa shape index (κ1) is 9.43. The van der Waals surface area contributed by atoms with Crippen LogP contribution in [-0.4, -0.2) is 30.2 Å². The van der Waals surface area contributed by atoms with Crippen molar-refractivity contribution >= 4 is 0 Å². The van der Waals surface area contributed by atoms with Gasteiger partial charge in [0.1, 0.15) is 6.10 Å². The van der Waals surface area contributed by atoms with Crippen LogP contribution < -0.4 is 5.32 Å². The highest BCUT2D eigenvalue weighted by Crippen LogP contribution is 2.31. The van der Waals surface area contributed by atoms with E-state index in [2.05, 4.69) is 5.32 Å². The summed E-state index contributed by atoms with van der Waals surface area (Å²) in [7, 11) is 0. The van der Waals surface area contributed by atoms with Crippen LogP contribution in [0.15, 0.2) is 0 Å². The van der Waals surface area contributed by atoms with Crippen molar-refractivity contribution in [2.45, 2.75) is 18.4 Å². The fourth-order valence-corrected chi connectivity index (χ4v) is 1.36. The third-order valence-corrected chi connectivity index (χ3v) is 2.09. The van der Waals surface area contributed by atoms with Gasteiger partial charge in [-0.05, 0) is 13.0 Å². The van der Waals surface area contributed by atoms with Gasteiger partial charge in [-0.2, -0.15) is 0 Å². The van der Waals surface area contributed by atoms with E-state index in [1.54, 1.807) is 0 Å². The zero-order chi connectivity index (χ0) is 9.19. The summed E-state index contributed by atoms with van der Waals surface area (Å²) in [6.45, 7) is 0.0927. The molecule has 1 saturated heterocycles. The van der Waals surface area contributed by atoms with Crippen LogP contribution in [0.1, 0.15) is 6.42 Å². The molecule has 2 N–H and O–H groups in total. The molecule has 12 heavy (non-hydrogen) atoms. The molecule has 0 radical (unpaired) electrons. The molecule has 0 saturated carbocycles. The van der Waals surface area contributed by atoms with E-state index >= 15 is 0 Å². The number of aliphatic hydroxyl groups excluding tert-OH is 1. The molecule has 0 aliphatic carbocycles. The van der Waals surface area contributed by atoms with Crippen molar-refractivity contribution in [3.8, 4) is 12.3 Å². The highest BCUT2D eigenvalue weighted by Gasteiger charge is 2.44. The van der Waals surface area contributed by atoms with Gasteiger partial charge in [0.05, 0.1) is 12.5 Å². The predicted molar refractivity (Wildman–Crippen MR) is 40.8 cm³/mol. The molecule has 0 amide bonds. The van der Waals surface area contributed by atoms with Crippen molar-refractivity contribution in [2.75, 3.05) is 13.1 Å². The van der Waals surface area contributed by atoms with Gasteiger partial charge < -0.3 is 10.4 Å². The predicted octanol–water partition coefficient (Wildman–Crippen LogP) is 0.225. The smallest absolute Gasteiger partial charge is 0.266 e. The van der Waals surface area contributed by atoms with Crippen LogP contribution in [-0.2, 0) is 0 Å². The molecule has 1 heterocycles. The molecule has 0 spiro atoms. The summed E-state index contributed by atoms with van der Waals surface area (Å²) in [6.07, 6.45) is 3.76. The van der Waals surface area contributed by atoms with Crippen LogP contribution in [0, 0.1) is 18.3 Å². The Hall–Kier alpha value is -0.660. The molecular weight excluding hydrogens is 164 g/mol. The lowest BCUT2D eigenvalue weighted by Gasteiger charge is -2.32. The Kier molecular flexibility index (Phi) is 2.65. The van der Waals surface area contributed by atoms with E-state index in [0.717, 1.165) is 0 Å². The standard InChI is InChI=1S/C8H11F2NO/c1-2-7(12)6-3-4-11-5-8(6,9)10/h1,6-7,11-12H,3-5H2. The third kappa shape index (κ3) is 1.74. The van der Waals surface area contributed by atoms with Crippen LogP contribution >= 0.6 is 0 Å². The zero-order valence-corrected chi connectivity index (χ0v) is 6.56. The molecule has 1 aliphatic heterocycles. The molecule has 0 aromatic carbocycles. The number of halogens is 2. The molecule has 1 rings (SSSR count). The van der Waals surface area contributed by atoms with E-state index < -0.39 is 24.5 Å². The number of terminal acetylenes is 1. The average Bonchev–Trinajstić information content (AvgIpc) is 2.02. The first-order valence-electron chi connectivity index (χ1n) is 3.80. The summed E-state index contributed by atoms with van der Waals surface area (Å²) in [4.78, 5) is 0. The Morgan fingerprint density at radius 1 is 1.67 bits per heavy atom. The number of nitrogens with one attached hydrogen (secondary N) is 1. The van der Waals surface area contributed by atoms with E-state index in [1.165, 1.54) is 0 Å². The molecule has 68 valence electrons. The van der Waals surface area contributed by atoms with Crippen molar-refractivity contribution in [2.24, 2.45) is 5.92 Å². The van der Waals surface area contributed by atoms with Gasteiger partial charge in [-0.25, -0.2) is 8.78 Å². The Morgan fingerprint density at radius 3 is 2.83 bits per heavy atom. The minimum atomic E-state index is -2.88. The van der Waals surface area contributed by atoms with Gasteiger partial charge in [0, 0.05) is 0 Å². The maximum atomic E-state index is 13.0. The largest absolute Gasteiger partial charge is 0.380 e. The Bertz CT molecular complexity index is 200. The van der Waals surface area contributed by atoms with Crippen molar-refractivity contribution in [1.82, 2.24) is 5.32 Å². The number of aliphatic hydroxyl groups is 1. The molecule has 0 bridgehead atoms. The summed E-state index contributed by atoms with van der Waals surface area (Å²) in [6, 6.07) is 0. The van der Waals surface area contributed by atoms with E-state index in [1.807, 2.05) is 5.92 Å². The molecule has 1 fully saturated rings. The number of piperidine rings is 1. The molecule has 0 aromatic heterocycles. The summed E-state index contributed by atoms with van der Waals surface area (Å²) in [5.41, 5.74) is 0. The molecule has 2 unspecified atom stereocenters. The first-order chi connectivity index (χ1) is 5.58. The number of rotatable bonds is 1. The van der Waals surface area contributed by atoms with Gasteiger partial charge in [-0.1, -0.05) is 5.92 Å². The summed E-state index contributed by atoms with van der Waals surface area (Å²) >= 11 is 0. The number of hydrogen-bond acceptors (Lipinski definition) is 2. The highest BCUT2D eigenvalue weighted by molar-refractivity contribution is 5.02. The molecule has 1 aliphatic rings. The molecule has 2 nitrogen and oxygen atoms in total. The van der Waals surface area contributed by atoms with E-state index in [4.69, 9.17) is 11.5 Å². The molecular formula is C8H11F2NO. The number of alkyl halides is 2. The number of hydrogen-bond donors (Lipinski definition) is 2. The van der Waals surface area contributed by atoms with Crippen molar-refractivity contribution < 1.29 is 13.9 Å². The van der Waals surface area contributed by atoms with Crippen LogP contribution in [0.4, 0.5) is 8.78 Å². The van der Waals surface area contributed by atoms with Crippen molar-refractivity contribution in [3.63, 3.8) is 0 Å². The van der Waals surface area contributed by atoms with E-state index in [-0.39, 0.29) is 6.42 Å². The summed E-state index contributed by atoms with van der Waals surface area (Å²) in [5.74, 6) is -2.04.